The molecule has 4 aromatic rings. The summed E-state index contributed by atoms with van der Waals surface area (Å²) in [5, 5.41) is 23.0. The van der Waals surface area contributed by atoms with E-state index in [1.807, 2.05) is 22.7 Å². The highest BCUT2D eigenvalue weighted by Gasteiger charge is 2.28. The van der Waals surface area contributed by atoms with Gasteiger partial charge in [0.25, 0.3) is 0 Å². The molecule has 144 valence electrons. The van der Waals surface area contributed by atoms with Gasteiger partial charge in [0.2, 0.25) is 0 Å². The molecule has 8 nitrogen and oxygen atoms in total. The molecule has 1 fully saturated rings. The van der Waals surface area contributed by atoms with Crippen LogP contribution in [0.3, 0.4) is 0 Å². The molecule has 0 spiro atoms. The highest BCUT2D eigenvalue weighted by Crippen LogP contribution is 2.32. The van der Waals surface area contributed by atoms with Gasteiger partial charge in [0.05, 0.1) is 18.2 Å². The molecule has 28 heavy (non-hydrogen) atoms. The van der Waals surface area contributed by atoms with Crippen LogP contribution in [0.5, 0.6) is 0 Å². The minimum absolute atomic E-state index is 0.0144. The number of nitrogens with zero attached hydrogens (tertiary/aromatic N) is 7. The van der Waals surface area contributed by atoms with Crippen LogP contribution in [0.1, 0.15) is 51.0 Å². The summed E-state index contributed by atoms with van der Waals surface area (Å²) in [6.07, 6.45) is 5.34. The average molecular weight is 377 g/mol. The first kappa shape index (κ1) is 17.1. The summed E-state index contributed by atoms with van der Waals surface area (Å²) in [4.78, 5) is 2.24. The Balaban J connectivity index is 1.40. The summed E-state index contributed by atoms with van der Waals surface area (Å²) >= 11 is 0. The van der Waals surface area contributed by atoms with Gasteiger partial charge in [-0.15, -0.1) is 15.3 Å². The normalized spacial score (nSPS) is 16.3. The van der Waals surface area contributed by atoms with Gasteiger partial charge in [0, 0.05) is 29.8 Å². The highest BCUT2D eigenvalue weighted by atomic mass is 16.3. The van der Waals surface area contributed by atoms with Crippen molar-refractivity contribution in [2.45, 2.75) is 44.9 Å². The van der Waals surface area contributed by atoms with Crippen LogP contribution in [0.15, 0.2) is 35.1 Å². The molecule has 0 unspecified atom stereocenters. The van der Waals surface area contributed by atoms with Crippen molar-refractivity contribution >= 4 is 22.4 Å². The third-order valence-corrected chi connectivity index (χ3v) is 5.46. The van der Waals surface area contributed by atoms with Crippen molar-refractivity contribution < 1.29 is 4.42 Å². The Bertz CT molecular complexity index is 1130. The van der Waals surface area contributed by atoms with Crippen molar-refractivity contribution in [1.29, 1.82) is 0 Å². The van der Waals surface area contributed by atoms with Crippen molar-refractivity contribution in [3.8, 4) is 0 Å². The van der Waals surface area contributed by atoms with Crippen molar-refractivity contribution in [3.63, 3.8) is 0 Å². The maximum Gasteiger partial charge on any atom is 0.195 e. The fraction of sp³-hybridized carbons (Fsp3) is 0.450. The van der Waals surface area contributed by atoms with E-state index in [1.54, 1.807) is 12.5 Å². The minimum Gasteiger partial charge on any atom is -0.460 e. The first-order chi connectivity index (χ1) is 13.5. The lowest BCUT2D eigenvalue weighted by atomic mass is 9.92. The second-order valence-corrected chi connectivity index (χ2v) is 8.43. The molecule has 8 heteroatoms. The topological polar surface area (TPSA) is 85.2 Å². The van der Waals surface area contributed by atoms with Crippen LogP contribution >= 0.6 is 0 Å². The summed E-state index contributed by atoms with van der Waals surface area (Å²) in [7, 11) is 0. The first-order valence-electron chi connectivity index (χ1n) is 9.67. The van der Waals surface area contributed by atoms with Gasteiger partial charge in [0.15, 0.2) is 22.9 Å². The SMILES string of the molecule is CC(C)(C)c1ccc2nnc(C3CCN(c4nncc5ccoc45)CC3)n2n1. The number of anilines is 1. The third-order valence-electron chi connectivity index (χ3n) is 5.46. The molecule has 0 radical (unpaired) electrons. The number of hydrogen-bond donors (Lipinski definition) is 0. The van der Waals surface area contributed by atoms with E-state index in [0.717, 1.165) is 59.9 Å². The molecular weight excluding hydrogens is 354 g/mol. The molecule has 0 atom stereocenters. The maximum absolute atomic E-state index is 5.62. The second kappa shape index (κ2) is 6.25. The van der Waals surface area contributed by atoms with E-state index in [2.05, 4.69) is 46.1 Å². The Morgan fingerprint density at radius 2 is 1.86 bits per heavy atom. The molecule has 0 amide bonds. The molecular formula is C20H23N7O. The largest absolute Gasteiger partial charge is 0.460 e. The standard InChI is InChI=1S/C20H23N7O/c1-20(2,3)15-4-5-16-22-24-18(27(16)25-15)13-6-9-26(10-7-13)19-17-14(8-11-28-17)12-21-23-19/h4-5,8,11-13H,6-7,9-10H2,1-3H3. The summed E-state index contributed by atoms with van der Waals surface area (Å²) in [6, 6.07) is 5.96. The predicted molar refractivity (Wildman–Crippen MR) is 105 cm³/mol. The van der Waals surface area contributed by atoms with Gasteiger partial charge in [-0.25, -0.2) is 0 Å². The average Bonchev–Trinajstić information content (AvgIpc) is 3.33. The molecule has 0 saturated carbocycles. The van der Waals surface area contributed by atoms with Crippen LogP contribution in [-0.2, 0) is 5.41 Å². The smallest absolute Gasteiger partial charge is 0.195 e. The molecule has 0 bridgehead atoms. The minimum atomic E-state index is -0.0144. The Hall–Kier alpha value is -3.03. The summed E-state index contributed by atoms with van der Waals surface area (Å²) in [6.45, 7) is 8.24. The lowest BCUT2D eigenvalue weighted by molar-refractivity contribution is 0.469. The van der Waals surface area contributed by atoms with E-state index in [9.17, 15) is 0 Å². The van der Waals surface area contributed by atoms with Crippen molar-refractivity contribution in [3.05, 3.63) is 42.2 Å². The van der Waals surface area contributed by atoms with Gasteiger partial charge in [-0.1, -0.05) is 20.8 Å². The van der Waals surface area contributed by atoms with E-state index in [4.69, 9.17) is 9.52 Å². The summed E-state index contributed by atoms with van der Waals surface area (Å²) in [5.41, 5.74) is 2.63. The van der Waals surface area contributed by atoms with E-state index in [1.165, 1.54) is 0 Å². The van der Waals surface area contributed by atoms with Crippen LogP contribution in [0.25, 0.3) is 16.6 Å². The van der Waals surface area contributed by atoms with Gasteiger partial charge in [-0.2, -0.15) is 14.7 Å². The third kappa shape index (κ3) is 2.80. The van der Waals surface area contributed by atoms with Gasteiger partial charge in [-0.05, 0) is 31.0 Å². The van der Waals surface area contributed by atoms with Crippen molar-refractivity contribution in [1.82, 2.24) is 30.0 Å². The van der Waals surface area contributed by atoms with Crippen molar-refractivity contribution in [2.75, 3.05) is 18.0 Å². The zero-order chi connectivity index (χ0) is 19.3. The Morgan fingerprint density at radius 1 is 1.04 bits per heavy atom. The molecule has 5 rings (SSSR count). The Labute approximate surface area is 162 Å². The van der Waals surface area contributed by atoms with Crippen LogP contribution in [-0.4, -0.2) is 43.1 Å². The lowest BCUT2D eigenvalue weighted by Crippen LogP contribution is -2.34. The highest BCUT2D eigenvalue weighted by molar-refractivity contribution is 5.86. The molecule has 0 aliphatic carbocycles. The zero-order valence-corrected chi connectivity index (χ0v) is 16.3. The van der Waals surface area contributed by atoms with Gasteiger partial charge < -0.3 is 9.32 Å². The van der Waals surface area contributed by atoms with E-state index < -0.39 is 0 Å². The predicted octanol–water partition coefficient (Wildman–Crippen LogP) is 3.34. The van der Waals surface area contributed by atoms with Crippen LogP contribution in [0.4, 0.5) is 5.82 Å². The fourth-order valence-corrected chi connectivity index (χ4v) is 3.81. The molecule has 1 aliphatic heterocycles. The molecule has 0 aromatic carbocycles. The van der Waals surface area contributed by atoms with Crippen LogP contribution in [0.2, 0.25) is 0 Å². The van der Waals surface area contributed by atoms with E-state index >= 15 is 0 Å². The maximum atomic E-state index is 5.62. The van der Waals surface area contributed by atoms with Gasteiger partial charge in [0.1, 0.15) is 0 Å². The lowest BCUT2D eigenvalue weighted by Gasteiger charge is -2.31. The summed E-state index contributed by atoms with van der Waals surface area (Å²) in [5.74, 6) is 2.08. The molecule has 0 N–H and O–H groups in total. The second-order valence-electron chi connectivity index (χ2n) is 8.43. The molecule has 1 saturated heterocycles. The monoisotopic (exact) mass is 377 g/mol. The number of hydrogen-bond acceptors (Lipinski definition) is 7. The quantitative estimate of drug-likeness (QED) is 0.529. The van der Waals surface area contributed by atoms with E-state index in [-0.39, 0.29) is 5.41 Å². The summed E-state index contributed by atoms with van der Waals surface area (Å²) < 4.78 is 7.55. The first-order valence-corrected chi connectivity index (χ1v) is 9.67. The van der Waals surface area contributed by atoms with Crippen LogP contribution < -0.4 is 4.90 Å². The van der Waals surface area contributed by atoms with Crippen LogP contribution in [0, 0.1) is 0 Å². The Morgan fingerprint density at radius 3 is 2.64 bits per heavy atom. The van der Waals surface area contributed by atoms with Crippen molar-refractivity contribution in [2.24, 2.45) is 0 Å². The number of aromatic nitrogens is 6. The number of piperidine rings is 1. The molecule has 4 aromatic heterocycles. The van der Waals surface area contributed by atoms with E-state index in [0.29, 0.717) is 5.92 Å². The zero-order valence-electron chi connectivity index (χ0n) is 16.3. The number of rotatable bonds is 2. The van der Waals surface area contributed by atoms with Gasteiger partial charge >= 0.3 is 0 Å². The van der Waals surface area contributed by atoms with Gasteiger partial charge in [-0.3, -0.25) is 0 Å². The number of fused-ring (bicyclic) bond motifs is 2. The molecule has 5 heterocycles. The molecule has 1 aliphatic rings. The number of furan rings is 1. The fourth-order valence-electron chi connectivity index (χ4n) is 3.81. The Kier molecular flexibility index (Phi) is 3.82.